The summed E-state index contributed by atoms with van der Waals surface area (Å²) in [6, 6.07) is 16.4. The maximum atomic E-state index is 13.0. The Hall–Kier alpha value is -4.01. The molecular formula is C24H26N4O5. The third-order valence-corrected chi connectivity index (χ3v) is 5.28. The average Bonchev–Trinajstić information content (AvgIpc) is 3.29. The minimum atomic E-state index is -0.342. The number of nitrogens with one attached hydrogen (secondary N) is 1. The molecule has 33 heavy (non-hydrogen) atoms. The summed E-state index contributed by atoms with van der Waals surface area (Å²) in [6.07, 6.45) is 0. The summed E-state index contributed by atoms with van der Waals surface area (Å²) in [5.41, 5.74) is 1.49. The van der Waals surface area contributed by atoms with Crippen molar-refractivity contribution in [2.75, 3.05) is 33.9 Å². The van der Waals surface area contributed by atoms with Gasteiger partial charge in [0.15, 0.2) is 5.69 Å². The molecule has 0 radical (unpaired) electrons. The molecule has 0 saturated carbocycles. The second-order valence-electron chi connectivity index (χ2n) is 7.50. The van der Waals surface area contributed by atoms with Gasteiger partial charge in [0.25, 0.3) is 11.8 Å². The van der Waals surface area contributed by atoms with Crippen molar-refractivity contribution in [1.82, 2.24) is 20.0 Å². The fourth-order valence-electron chi connectivity index (χ4n) is 3.62. The van der Waals surface area contributed by atoms with Crippen molar-refractivity contribution in [3.05, 3.63) is 71.5 Å². The number of benzene rings is 2. The third-order valence-electron chi connectivity index (χ3n) is 5.28. The monoisotopic (exact) mass is 450 g/mol. The summed E-state index contributed by atoms with van der Waals surface area (Å²) in [5.74, 6) is 1.54. The number of nitrogens with zero attached hydrogens (tertiary/aromatic N) is 3. The molecular weight excluding hydrogens is 424 g/mol. The fraction of sp³-hybridized carbons (Fsp3) is 0.292. The summed E-state index contributed by atoms with van der Waals surface area (Å²) >= 11 is 0. The van der Waals surface area contributed by atoms with Gasteiger partial charge in [-0.15, -0.1) is 0 Å². The molecule has 9 nitrogen and oxygen atoms in total. The summed E-state index contributed by atoms with van der Waals surface area (Å²) < 4.78 is 17.8. The molecule has 0 unspecified atom stereocenters. The van der Waals surface area contributed by atoms with Crippen LogP contribution in [0.4, 0.5) is 0 Å². The zero-order valence-electron chi connectivity index (χ0n) is 18.6. The van der Waals surface area contributed by atoms with Crippen molar-refractivity contribution in [1.29, 1.82) is 0 Å². The van der Waals surface area contributed by atoms with E-state index in [-0.39, 0.29) is 17.5 Å². The molecule has 1 aromatic heterocycles. The van der Waals surface area contributed by atoms with Crippen LogP contribution in [0.3, 0.4) is 0 Å². The van der Waals surface area contributed by atoms with Crippen molar-refractivity contribution in [3.8, 4) is 17.2 Å². The molecule has 0 spiro atoms. The van der Waals surface area contributed by atoms with E-state index in [2.05, 4.69) is 10.4 Å². The zero-order chi connectivity index (χ0) is 23.2. The van der Waals surface area contributed by atoms with E-state index >= 15 is 0 Å². The summed E-state index contributed by atoms with van der Waals surface area (Å²) in [7, 11) is 3.17. The normalized spacial score (nSPS) is 12.8. The van der Waals surface area contributed by atoms with Crippen molar-refractivity contribution in [2.24, 2.45) is 0 Å². The highest BCUT2D eigenvalue weighted by atomic mass is 16.5. The maximum absolute atomic E-state index is 13.0. The molecule has 2 heterocycles. The highest BCUT2D eigenvalue weighted by Gasteiger charge is 2.28. The molecule has 2 aromatic carbocycles. The Kier molecular flexibility index (Phi) is 6.77. The van der Waals surface area contributed by atoms with Crippen LogP contribution in [0, 0.1) is 0 Å². The molecule has 9 heteroatoms. The van der Waals surface area contributed by atoms with Gasteiger partial charge < -0.3 is 24.4 Å². The molecule has 1 N–H and O–H groups in total. The average molecular weight is 450 g/mol. The van der Waals surface area contributed by atoms with Gasteiger partial charge in [-0.1, -0.05) is 18.2 Å². The van der Waals surface area contributed by atoms with E-state index in [1.54, 1.807) is 29.9 Å². The predicted molar refractivity (Wildman–Crippen MR) is 121 cm³/mol. The van der Waals surface area contributed by atoms with Crippen LogP contribution < -0.4 is 19.5 Å². The Morgan fingerprint density at radius 2 is 1.73 bits per heavy atom. The van der Waals surface area contributed by atoms with E-state index < -0.39 is 0 Å². The Bertz CT molecular complexity index is 1110. The number of fused-ring (bicyclic) bond motifs is 1. The maximum Gasteiger partial charge on any atom is 0.272 e. The van der Waals surface area contributed by atoms with E-state index in [0.29, 0.717) is 50.0 Å². The van der Waals surface area contributed by atoms with Crippen LogP contribution >= 0.6 is 0 Å². The fourth-order valence-corrected chi connectivity index (χ4v) is 3.62. The van der Waals surface area contributed by atoms with Crippen molar-refractivity contribution < 1.29 is 23.8 Å². The van der Waals surface area contributed by atoms with Gasteiger partial charge in [0.2, 0.25) is 0 Å². The van der Waals surface area contributed by atoms with Crippen molar-refractivity contribution in [2.45, 2.75) is 13.1 Å². The van der Waals surface area contributed by atoms with Crippen LogP contribution in [0.15, 0.2) is 54.6 Å². The van der Waals surface area contributed by atoms with Crippen molar-refractivity contribution >= 4 is 11.8 Å². The van der Waals surface area contributed by atoms with Gasteiger partial charge in [0.1, 0.15) is 29.5 Å². The van der Waals surface area contributed by atoms with Crippen molar-refractivity contribution in [3.63, 3.8) is 0 Å². The minimum absolute atomic E-state index is 0.179. The van der Waals surface area contributed by atoms with Gasteiger partial charge in [-0.2, -0.15) is 5.10 Å². The van der Waals surface area contributed by atoms with Gasteiger partial charge in [0, 0.05) is 25.2 Å². The Morgan fingerprint density at radius 1 is 1.00 bits per heavy atom. The molecule has 3 aromatic rings. The van der Waals surface area contributed by atoms with Gasteiger partial charge in [-0.25, -0.2) is 0 Å². The van der Waals surface area contributed by atoms with Crippen LogP contribution in [0.25, 0.3) is 0 Å². The van der Waals surface area contributed by atoms with Gasteiger partial charge in [-0.3, -0.25) is 14.3 Å². The first-order chi connectivity index (χ1) is 16.1. The lowest BCUT2D eigenvalue weighted by Crippen LogP contribution is -2.39. The number of carbonyl (C=O) groups excluding carboxylic acids is 2. The van der Waals surface area contributed by atoms with E-state index in [1.165, 1.54) is 6.07 Å². The molecule has 1 aliphatic heterocycles. The Balaban J connectivity index is 1.36. The zero-order valence-corrected chi connectivity index (χ0v) is 18.6. The molecule has 172 valence electrons. The van der Waals surface area contributed by atoms with Crippen LogP contribution in [-0.2, 0) is 13.1 Å². The van der Waals surface area contributed by atoms with E-state index in [0.717, 1.165) is 11.3 Å². The number of hydrogen-bond donors (Lipinski definition) is 1. The quantitative estimate of drug-likeness (QED) is 0.503. The predicted octanol–water partition coefficient (Wildman–Crippen LogP) is 2.37. The standard InChI is InChI=1S/C24H26N4O5/c1-31-19-12-17(13-20(14-19)32-2)16-27-9-10-28-22(24(27)30)15-21(26-28)23(29)25-8-11-33-18-6-4-3-5-7-18/h3-7,12-15H,8-11,16H2,1-2H3,(H,25,29). The third kappa shape index (κ3) is 5.25. The van der Waals surface area contributed by atoms with E-state index in [9.17, 15) is 9.59 Å². The summed E-state index contributed by atoms with van der Waals surface area (Å²) in [4.78, 5) is 27.3. The number of hydrogen-bond acceptors (Lipinski definition) is 6. The molecule has 4 rings (SSSR count). The molecule has 0 atom stereocenters. The highest BCUT2D eigenvalue weighted by Crippen LogP contribution is 2.25. The molecule has 2 amide bonds. The summed E-state index contributed by atoms with van der Waals surface area (Å²) in [5, 5.41) is 7.09. The molecule has 0 aliphatic carbocycles. The van der Waals surface area contributed by atoms with Gasteiger partial charge in [-0.05, 0) is 29.8 Å². The smallest absolute Gasteiger partial charge is 0.272 e. The van der Waals surface area contributed by atoms with Crippen LogP contribution in [-0.4, -0.2) is 60.4 Å². The van der Waals surface area contributed by atoms with Gasteiger partial charge >= 0.3 is 0 Å². The number of amides is 2. The first-order valence-corrected chi connectivity index (χ1v) is 10.6. The molecule has 0 fully saturated rings. The lowest BCUT2D eigenvalue weighted by Gasteiger charge is -2.27. The SMILES string of the molecule is COc1cc(CN2CCn3nc(C(=O)NCCOc4ccccc4)cc3C2=O)cc(OC)c1. The van der Waals surface area contributed by atoms with Crippen LogP contribution in [0.2, 0.25) is 0 Å². The summed E-state index contributed by atoms with van der Waals surface area (Å²) in [6.45, 7) is 2.05. The minimum Gasteiger partial charge on any atom is -0.497 e. The lowest BCUT2D eigenvalue weighted by atomic mass is 10.1. The number of methoxy groups -OCH3 is 2. The van der Waals surface area contributed by atoms with E-state index in [1.807, 2.05) is 42.5 Å². The second-order valence-corrected chi connectivity index (χ2v) is 7.50. The van der Waals surface area contributed by atoms with E-state index in [4.69, 9.17) is 14.2 Å². The Morgan fingerprint density at radius 3 is 2.42 bits per heavy atom. The Labute approximate surface area is 191 Å². The first kappa shape index (κ1) is 22.2. The number of rotatable bonds is 9. The number of aromatic nitrogens is 2. The first-order valence-electron chi connectivity index (χ1n) is 10.6. The van der Waals surface area contributed by atoms with Gasteiger partial charge in [0.05, 0.1) is 27.3 Å². The van der Waals surface area contributed by atoms with Crippen LogP contribution in [0.5, 0.6) is 17.2 Å². The number of para-hydroxylation sites is 1. The molecule has 1 aliphatic rings. The van der Waals surface area contributed by atoms with Crippen LogP contribution in [0.1, 0.15) is 26.5 Å². The number of carbonyl (C=O) groups is 2. The topological polar surface area (TPSA) is 94.9 Å². The largest absolute Gasteiger partial charge is 0.497 e. The highest BCUT2D eigenvalue weighted by molar-refractivity contribution is 5.98. The molecule has 0 saturated heterocycles. The number of ether oxygens (including phenoxy) is 3. The second kappa shape index (κ2) is 10.1. The lowest BCUT2D eigenvalue weighted by molar-refractivity contribution is 0.0682. The molecule has 0 bridgehead atoms.